The van der Waals surface area contributed by atoms with Gasteiger partial charge in [-0.25, -0.2) is 0 Å². The lowest BCUT2D eigenvalue weighted by atomic mass is 9.98. The van der Waals surface area contributed by atoms with Crippen LogP contribution in [0.25, 0.3) is 0 Å². The largest absolute Gasteiger partial charge is 0.395 e. The molecule has 1 saturated carbocycles. The van der Waals surface area contributed by atoms with Crippen molar-refractivity contribution in [3.63, 3.8) is 0 Å². The van der Waals surface area contributed by atoms with Crippen LogP contribution in [0.5, 0.6) is 0 Å². The molecule has 3 N–H and O–H groups in total. The zero-order chi connectivity index (χ0) is 12.4. The zero-order valence-corrected chi connectivity index (χ0v) is 11.2. The maximum absolute atomic E-state index is 9.60. The Balaban J connectivity index is 1.92. The molecule has 0 aromatic heterocycles. The highest BCUT2D eigenvalue weighted by molar-refractivity contribution is 4.94. The summed E-state index contributed by atoms with van der Waals surface area (Å²) in [5.41, 5.74) is 6.26. The Morgan fingerprint density at radius 2 is 2.12 bits per heavy atom. The third-order valence-corrected chi connectivity index (χ3v) is 4.50. The fraction of sp³-hybridized carbons (Fsp3) is 1.00. The molecule has 0 aromatic rings. The van der Waals surface area contributed by atoms with Gasteiger partial charge in [-0.3, -0.25) is 4.90 Å². The summed E-state index contributed by atoms with van der Waals surface area (Å²) in [6.45, 7) is 2.49. The standard InChI is InChI=1S/C13H27N3O/c1-15-7-3-4-11(8-15)16(2)12(9-17)13(14)10-5-6-10/h10-13,17H,3-9,14H2,1-2H3. The molecule has 17 heavy (non-hydrogen) atoms. The lowest BCUT2D eigenvalue weighted by Gasteiger charge is -2.41. The molecule has 0 aromatic carbocycles. The van der Waals surface area contributed by atoms with Crippen LogP contribution in [-0.2, 0) is 0 Å². The van der Waals surface area contributed by atoms with Crippen molar-refractivity contribution >= 4 is 0 Å². The molecule has 4 heteroatoms. The van der Waals surface area contributed by atoms with E-state index in [1.165, 1.54) is 32.2 Å². The summed E-state index contributed by atoms with van der Waals surface area (Å²) in [7, 11) is 4.31. The molecule has 1 saturated heterocycles. The molecule has 2 aliphatic rings. The van der Waals surface area contributed by atoms with Crippen molar-refractivity contribution in [2.75, 3.05) is 33.8 Å². The van der Waals surface area contributed by atoms with Crippen LogP contribution >= 0.6 is 0 Å². The number of nitrogens with zero attached hydrogens (tertiary/aromatic N) is 2. The number of piperidine rings is 1. The minimum Gasteiger partial charge on any atom is -0.395 e. The maximum Gasteiger partial charge on any atom is 0.0602 e. The Hall–Kier alpha value is -0.160. The zero-order valence-electron chi connectivity index (χ0n) is 11.2. The summed E-state index contributed by atoms with van der Waals surface area (Å²) in [4.78, 5) is 4.71. The molecule has 1 heterocycles. The van der Waals surface area contributed by atoms with Crippen molar-refractivity contribution in [2.24, 2.45) is 11.7 Å². The van der Waals surface area contributed by atoms with Gasteiger partial charge < -0.3 is 15.7 Å². The first-order valence-electron chi connectivity index (χ1n) is 6.90. The van der Waals surface area contributed by atoms with E-state index < -0.39 is 0 Å². The topological polar surface area (TPSA) is 52.7 Å². The van der Waals surface area contributed by atoms with Gasteiger partial charge in [-0.05, 0) is 52.2 Å². The third-order valence-electron chi connectivity index (χ3n) is 4.50. The van der Waals surface area contributed by atoms with Gasteiger partial charge in [0.2, 0.25) is 0 Å². The number of likely N-dealkylation sites (tertiary alicyclic amines) is 1. The first-order valence-corrected chi connectivity index (χ1v) is 6.90. The fourth-order valence-corrected chi connectivity index (χ4v) is 3.06. The molecule has 1 aliphatic heterocycles. The number of nitrogens with two attached hydrogens (primary N) is 1. The van der Waals surface area contributed by atoms with Crippen LogP contribution in [0, 0.1) is 5.92 Å². The first-order chi connectivity index (χ1) is 8.13. The Morgan fingerprint density at radius 3 is 2.65 bits per heavy atom. The van der Waals surface area contributed by atoms with E-state index in [1.807, 2.05) is 0 Å². The van der Waals surface area contributed by atoms with Gasteiger partial charge >= 0.3 is 0 Å². The van der Waals surface area contributed by atoms with Gasteiger partial charge in [0.15, 0.2) is 0 Å². The van der Waals surface area contributed by atoms with E-state index >= 15 is 0 Å². The van der Waals surface area contributed by atoms with Crippen LogP contribution in [0.2, 0.25) is 0 Å². The Bertz CT molecular complexity index is 245. The highest BCUT2D eigenvalue weighted by atomic mass is 16.3. The van der Waals surface area contributed by atoms with Gasteiger partial charge in [0.05, 0.1) is 6.61 Å². The van der Waals surface area contributed by atoms with Crippen molar-refractivity contribution in [3.05, 3.63) is 0 Å². The van der Waals surface area contributed by atoms with Crippen molar-refractivity contribution in [1.82, 2.24) is 9.80 Å². The van der Waals surface area contributed by atoms with E-state index in [9.17, 15) is 5.11 Å². The van der Waals surface area contributed by atoms with Gasteiger partial charge in [0.1, 0.15) is 0 Å². The second-order valence-electron chi connectivity index (χ2n) is 5.89. The Morgan fingerprint density at radius 1 is 1.41 bits per heavy atom. The molecular weight excluding hydrogens is 214 g/mol. The molecule has 1 aliphatic carbocycles. The van der Waals surface area contributed by atoms with E-state index in [4.69, 9.17) is 5.73 Å². The van der Waals surface area contributed by atoms with Gasteiger partial charge in [-0.1, -0.05) is 0 Å². The lowest BCUT2D eigenvalue weighted by Crippen LogP contribution is -2.56. The SMILES string of the molecule is CN1CCCC(N(C)C(CO)C(N)C2CC2)C1. The number of aliphatic hydroxyl groups excluding tert-OH is 1. The smallest absolute Gasteiger partial charge is 0.0602 e. The number of likely N-dealkylation sites (N-methyl/N-ethyl adjacent to an activating group) is 2. The van der Waals surface area contributed by atoms with Crippen molar-refractivity contribution in [2.45, 2.75) is 43.8 Å². The summed E-state index contributed by atoms with van der Waals surface area (Å²) in [5, 5.41) is 9.60. The van der Waals surface area contributed by atoms with Crippen LogP contribution in [0.1, 0.15) is 25.7 Å². The normalized spacial score (nSPS) is 30.5. The molecule has 4 nitrogen and oxygen atoms in total. The summed E-state index contributed by atoms with van der Waals surface area (Å²) >= 11 is 0. The second-order valence-corrected chi connectivity index (χ2v) is 5.89. The molecule has 100 valence electrons. The number of aliphatic hydroxyl groups is 1. The van der Waals surface area contributed by atoms with Crippen molar-refractivity contribution < 1.29 is 5.11 Å². The average molecular weight is 241 g/mol. The molecule has 0 bridgehead atoms. The Kier molecular flexibility index (Phi) is 4.42. The van der Waals surface area contributed by atoms with E-state index in [1.54, 1.807) is 0 Å². The molecule has 2 rings (SSSR count). The van der Waals surface area contributed by atoms with Gasteiger partial charge in [-0.2, -0.15) is 0 Å². The maximum atomic E-state index is 9.60. The summed E-state index contributed by atoms with van der Waals surface area (Å²) in [6.07, 6.45) is 4.98. The summed E-state index contributed by atoms with van der Waals surface area (Å²) in [5.74, 6) is 0.649. The van der Waals surface area contributed by atoms with E-state index in [2.05, 4.69) is 23.9 Å². The van der Waals surface area contributed by atoms with Gasteiger partial charge in [-0.15, -0.1) is 0 Å². The molecule has 0 spiro atoms. The molecule has 3 unspecified atom stereocenters. The average Bonchev–Trinajstić information content (AvgIpc) is 3.13. The minimum absolute atomic E-state index is 0.138. The predicted octanol–water partition coefficient (Wildman–Crippen LogP) is 0.111. The van der Waals surface area contributed by atoms with E-state index in [0.29, 0.717) is 12.0 Å². The van der Waals surface area contributed by atoms with Crippen LogP contribution in [-0.4, -0.2) is 66.8 Å². The monoisotopic (exact) mass is 241 g/mol. The minimum atomic E-state index is 0.138. The second kappa shape index (κ2) is 5.65. The van der Waals surface area contributed by atoms with Crippen LogP contribution < -0.4 is 5.73 Å². The molecule has 0 radical (unpaired) electrons. The Labute approximate surface area is 105 Å². The molecule has 3 atom stereocenters. The summed E-state index contributed by atoms with van der Waals surface area (Å²) < 4.78 is 0. The van der Waals surface area contributed by atoms with Crippen molar-refractivity contribution in [1.29, 1.82) is 0 Å². The molecule has 2 fully saturated rings. The van der Waals surface area contributed by atoms with Crippen molar-refractivity contribution in [3.8, 4) is 0 Å². The third kappa shape index (κ3) is 3.19. The van der Waals surface area contributed by atoms with Crippen LogP contribution in [0.3, 0.4) is 0 Å². The molecular formula is C13H27N3O. The summed E-state index contributed by atoms with van der Waals surface area (Å²) in [6, 6.07) is 0.840. The van der Waals surface area contributed by atoms with E-state index in [0.717, 1.165) is 6.54 Å². The molecule has 0 amide bonds. The quantitative estimate of drug-likeness (QED) is 0.717. The highest BCUT2D eigenvalue weighted by Gasteiger charge is 2.37. The fourth-order valence-electron chi connectivity index (χ4n) is 3.06. The van der Waals surface area contributed by atoms with Crippen LogP contribution in [0.15, 0.2) is 0 Å². The number of hydrogen-bond donors (Lipinski definition) is 2. The first kappa shape index (κ1) is 13.3. The highest BCUT2D eigenvalue weighted by Crippen LogP contribution is 2.34. The van der Waals surface area contributed by atoms with Gasteiger partial charge in [0.25, 0.3) is 0 Å². The lowest BCUT2D eigenvalue weighted by molar-refractivity contribution is 0.0517. The number of hydrogen-bond acceptors (Lipinski definition) is 4. The van der Waals surface area contributed by atoms with E-state index in [-0.39, 0.29) is 18.7 Å². The number of rotatable bonds is 5. The van der Waals surface area contributed by atoms with Crippen LogP contribution in [0.4, 0.5) is 0 Å². The predicted molar refractivity (Wildman–Crippen MR) is 69.9 cm³/mol. The van der Waals surface area contributed by atoms with Gasteiger partial charge in [0, 0.05) is 24.7 Å².